The second-order valence-corrected chi connectivity index (χ2v) is 9.98. The maximum atomic E-state index is 15.0. The fraction of sp³-hybridized carbons (Fsp3) is 0.348. The van der Waals surface area contributed by atoms with Crippen LogP contribution in [0.1, 0.15) is 9.67 Å². The van der Waals surface area contributed by atoms with Crippen molar-refractivity contribution >= 4 is 64.1 Å². The summed E-state index contributed by atoms with van der Waals surface area (Å²) in [6, 6.07) is 6.89. The molecule has 2 saturated heterocycles. The van der Waals surface area contributed by atoms with Crippen LogP contribution in [-0.4, -0.2) is 91.8 Å². The predicted octanol–water partition coefficient (Wildman–Crippen LogP) is 1.57. The molecule has 202 valence electrons. The van der Waals surface area contributed by atoms with Crippen molar-refractivity contribution in [3.8, 4) is 0 Å². The van der Waals surface area contributed by atoms with Gasteiger partial charge in [-0.15, -0.1) is 11.3 Å². The third kappa shape index (κ3) is 6.27. The predicted molar refractivity (Wildman–Crippen MR) is 133 cm³/mol. The number of carbonyl (C=O) groups is 5. The van der Waals surface area contributed by atoms with Crippen LogP contribution in [0.2, 0.25) is 4.34 Å². The van der Waals surface area contributed by atoms with Gasteiger partial charge >= 0.3 is 12.1 Å². The number of nitrogens with one attached hydrogen (secondary N) is 1. The summed E-state index contributed by atoms with van der Waals surface area (Å²) in [6.07, 6.45) is -1.88. The maximum absolute atomic E-state index is 15.0. The van der Waals surface area contributed by atoms with E-state index in [1.807, 2.05) is 0 Å². The summed E-state index contributed by atoms with van der Waals surface area (Å²) in [4.78, 5) is 64.7. The summed E-state index contributed by atoms with van der Waals surface area (Å²) in [6.45, 7) is -1.02. The molecule has 0 radical (unpaired) electrons. The first kappa shape index (κ1) is 27.4. The van der Waals surface area contributed by atoms with E-state index in [9.17, 15) is 24.0 Å². The number of hydrogen-bond donors (Lipinski definition) is 2. The minimum Gasteiger partial charge on any atom is -0.480 e. The van der Waals surface area contributed by atoms with Crippen LogP contribution in [0.5, 0.6) is 0 Å². The van der Waals surface area contributed by atoms with E-state index in [1.165, 1.54) is 29.2 Å². The van der Waals surface area contributed by atoms with E-state index in [1.54, 1.807) is 0 Å². The molecule has 15 heteroatoms. The Morgan fingerprint density at radius 3 is 2.63 bits per heavy atom. The van der Waals surface area contributed by atoms with Crippen molar-refractivity contribution in [2.45, 2.75) is 6.10 Å². The number of ether oxygens (including phenoxy) is 2. The van der Waals surface area contributed by atoms with Gasteiger partial charge in [0.15, 0.2) is 0 Å². The van der Waals surface area contributed by atoms with Gasteiger partial charge in [0.25, 0.3) is 11.8 Å². The van der Waals surface area contributed by atoms with Crippen LogP contribution >= 0.6 is 22.9 Å². The molecule has 38 heavy (non-hydrogen) atoms. The van der Waals surface area contributed by atoms with Gasteiger partial charge in [-0.05, 0) is 30.3 Å². The second kappa shape index (κ2) is 11.9. The molecule has 2 fully saturated rings. The summed E-state index contributed by atoms with van der Waals surface area (Å²) in [7, 11) is 0. The lowest BCUT2D eigenvalue weighted by atomic mass is 10.2. The number of aliphatic carboxylic acids is 1. The lowest BCUT2D eigenvalue weighted by molar-refractivity contribution is -0.136. The van der Waals surface area contributed by atoms with Crippen molar-refractivity contribution in [3.63, 3.8) is 0 Å². The van der Waals surface area contributed by atoms with Crippen LogP contribution in [0.3, 0.4) is 0 Å². The first-order valence-corrected chi connectivity index (χ1v) is 12.5. The molecule has 0 saturated carbocycles. The molecule has 3 heterocycles. The van der Waals surface area contributed by atoms with Crippen LogP contribution in [0.4, 0.5) is 20.6 Å². The molecule has 2 N–H and O–H groups in total. The molecule has 0 bridgehead atoms. The molecule has 0 aliphatic carbocycles. The minimum absolute atomic E-state index is 0.0978. The van der Waals surface area contributed by atoms with Gasteiger partial charge in [-0.3, -0.25) is 34.3 Å². The Morgan fingerprint density at radius 2 is 1.97 bits per heavy atom. The highest BCUT2D eigenvalue weighted by molar-refractivity contribution is 7.18. The van der Waals surface area contributed by atoms with E-state index in [-0.39, 0.29) is 42.7 Å². The van der Waals surface area contributed by atoms with Crippen LogP contribution < -0.4 is 15.1 Å². The number of anilines is 2. The topological polar surface area (TPSA) is 146 Å². The van der Waals surface area contributed by atoms with Gasteiger partial charge in [0.2, 0.25) is 5.91 Å². The van der Waals surface area contributed by atoms with E-state index >= 15 is 4.39 Å². The smallest absolute Gasteiger partial charge is 0.414 e. The Morgan fingerprint density at radius 1 is 1.18 bits per heavy atom. The first-order valence-electron chi connectivity index (χ1n) is 11.3. The van der Waals surface area contributed by atoms with Gasteiger partial charge in [0, 0.05) is 12.2 Å². The zero-order valence-electron chi connectivity index (χ0n) is 19.7. The lowest BCUT2D eigenvalue weighted by Crippen LogP contribution is -2.47. The summed E-state index contributed by atoms with van der Waals surface area (Å²) >= 11 is 6.86. The molecule has 4 rings (SSSR count). The third-order valence-electron chi connectivity index (χ3n) is 5.66. The van der Waals surface area contributed by atoms with E-state index in [0.29, 0.717) is 16.6 Å². The Kier molecular flexibility index (Phi) is 8.56. The number of amides is 4. The standard InChI is InChI=1S/C23H22ClFN4O8S/c24-18-4-3-17(38-18)22(34)29(19(30)8-26-9-21(32)33)11-14-10-28(23(35)37-14)16-2-1-13(7-15(16)25)27-5-6-36-12-20(27)31/h1-4,7,14,26H,5-6,8-12H2,(H,32,33)/t14-/m1/s1. The summed E-state index contributed by atoms with van der Waals surface area (Å²) in [5, 5.41) is 11.2. The maximum Gasteiger partial charge on any atom is 0.414 e. The Labute approximate surface area is 224 Å². The SMILES string of the molecule is O=C(O)CNCC(=O)N(C[C@H]1CN(c2ccc(N3CCOCC3=O)cc2F)C(=O)O1)C(=O)c1ccc(Cl)s1. The summed E-state index contributed by atoms with van der Waals surface area (Å²) in [5.41, 5.74) is 0.217. The normalized spacial score (nSPS) is 17.5. The number of carboxylic acids is 1. The van der Waals surface area contributed by atoms with Gasteiger partial charge in [-0.2, -0.15) is 0 Å². The van der Waals surface area contributed by atoms with Crippen molar-refractivity contribution in [3.05, 3.63) is 45.4 Å². The second-order valence-electron chi connectivity index (χ2n) is 8.26. The number of carbonyl (C=O) groups excluding carboxylic acids is 4. The third-order valence-corrected chi connectivity index (χ3v) is 6.88. The lowest BCUT2D eigenvalue weighted by Gasteiger charge is -2.27. The number of carboxylic acid groups (broad SMARTS) is 1. The van der Waals surface area contributed by atoms with E-state index in [2.05, 4.69) is 5.32 Å². The van der Waals surface area contributed by atoms with Crippen LogP contribution in [-0.2, 0) is 23.9 Å². The molecule has 1 aromatic heterocycles. The van der Waals surface area contributed by atoms with Crippen LogP contribution in [0, 0.1) is 5.82 Å². The van der Waals surface area contributed by atoms with E-state index in [4.69, 9.17) is 26.2 Å². The summed E-state index contributed by atoms with van der Waals surface area (Å²) < 4.78 is 25.7. The molecule has 2 aromatic rings. The number of rotatable bonds is 9. The number of hydrogen-bond acceptors (Lipinski definition) is 9. The average molecular weight is 569 g/mol. The highest BCUT2D eigenvalue weighted by Gasteiger charge is 2.38. The molecular formula is C23H22ClFN4O8S. The molecule has 12 nitrogen and oxygen atoms in total. The largest absolute Gasteiger partial charge is 0.480 e. The van der Waals surface area contributed by atoms with Crippen molar-refractivity contribution in [2.24, 2.45) is 0 Å². The molecule has 0 unspecified atom stereocenters. The highest BCUT2D eigenvalue weighted by Crippen LogP contribution is 2.30. The average Bonchev–Trinajstić information content (AvgIpc) is 3.47. The first-order chi connectivity index (χ1) is 18.1. The number of cyclic esters (lactones) is 1. The van der Waals surface area contributed by atoms with Gasteiger partial charge in [-0.25, -0.2) is 9.18 Å². The van der Waals surface area contributed by atoms with Gasteiger partial charge in [-0.1, -0.05) is 11.6 Å². The van der Waals surface area contributed by atoms with Crippen LogP contribution in [0.15, 0.2) is 30.3 Å². The van der Waals surface area contributed by atoms with Crippen molar-refractivity contribution in [1.82, 2.24) is 10.2 Å². The molecule has 0 spiro atoms. The van der Waals surface area contributed by atoms with Crippen LogP contribution in [0.25, 0.3) is 0 Å². The highest BCUT2D eigenvalue weighted by atomic mass is 35.5. The van der Waals surface area contributed by atoms with Crippen molar-refractivity contribution in [1.29, 1.82) is 0 Å². The number of halogens is 2. The quantitative estimate of drug-likeness (QED) is 0.460. The molecule has 1 aromatic carbocycles. The number of thiophene rings is 1. The van der Waals surface area contributed by atoms with Gasteiger partial charge in [0.1, 0.15) is 18.5 Å². The van der Waals surface area contributed by atoms with Crippen molar-refractivity contribution in [2.75, 3.05) is 55.7 Å². The molecule has 2 aliphatic heterocycles. The zero-order valence-corrected chi connectivity index (χ0v) is 21.3. The minimum atomic E-state index is -1.19. The summed E-state index contributed by atoms with van der Waals surface area (Å²) in [5.74, 6) is -3.73. The number of morpholine rings is 1. The molecular weight excluding hydrogens is 547 g/mol. The monoisotopic (exact) mass is 568 g/mol. The number of benzene rings is 1. The van der Waals surface area contributed by atoms with E-state index in [0.717, 1.165) is 27.2 Å². The molecule has 1 atom stereocenters. The molecule has 2 aliphatic rings. The zero-order chi connectivity index (χ0) is 27.4. The molecule has 4 amide bonds. The number of imide groups is 1. The number of nitrogens with zero attached hydrogens (tertiary/aromatic N) is 3. The Bertz CT molecular complexity index is 1270. The Hall–Kier alpha value is -3.59. The fourth-order valence-electron chi connectivity index (χ4n) is 3.92. The Balaban J connectivity index is 1.48. The van der Waals surface area contributed by atoms with Gasteiger partial charge in [0.05, 0.1) is 47.7 Å². The fourth-order valence-corrected chi connectivity index (χ4v) is 4.91. The van der Waals surface area contributed by atoms with E-state index < -0.39 is 48.9 Å². The van der Waals surface area contributed by atoms with Crippen molar-refractivity contribution < 1.29 is 42.9 Å². The van der Waals surface area contributed by atoms with Gasteiger partial charge < -0.3 is 19.5 Å².